The lowest BCUT2D eigenvalue weighted by molar-refractivity contribution is 0.351. The van der Waals surface area contributed by atoms with Crippen LogP contribution in [0.15, 0.2) is 65.7 Å². The highest BCUT2D eigenvalue weighted by atomic mass is 15.1. The molecule has 1 saturated heterocycles. The minimum Gasteiger partial charge on any atom is -0.363 e. The van der Waals surface area contributed by atoms with Crippen LogP contribution in [0, 0.1) is 13.8 Å². The minimum atomic E-state index is 0.521. The number of rotatable bonds is 6. The lowest BCUT2D eigenvalue weighted by atomic mass is 9.91. The smallest absolute Gasteiger partial charge is 0.0912 e. The summed E-state index contributed by atoms with van der Waals surface area (Å²) in [5, 5.41) is 0. The normalized spacial score (nSPS) is 14.5. The van der Waals surface area contributed by atoms with Crippen molar-refractivity contribution < 1.29 is 0 Å². The van der Waals surface area contributed by atoms with Gasteiger partial charge in [-0.25, -0.2) is 4.99 Å². The van der Waals surface area contributed by atoms with Crippen LogP contribution in [0.25, 0.3) is 11.1 Å². The second-order valence-corrected chi connectivity index (χ2v) is 9.52. The summed E-state index contributed by atoms with van der Waals surface area (Å²) < 4.78 is 0. The van der Waals surface area contributed by atoms with Crippen molar-refractivity contribution in [3.8, 4) is 11.1 Å². The molecule has 1 heterocycles. The van der Waals surface area contributed by atoms with Crippen molar-refractivity contribution in [3.63, 3.8) is 0 Å². The van der Waals surface area contributed by atoms with E-state index in [0.29, 0.717) is 5.92 Å². The van der Waals surface area contributed by atoms with Gasteiger partial charge in [-0.3, -0.25) is 0 Å². The molecule has 3 aromatic rings. The van der Waals surface area contributed by atoms with Gasteiger partial charge in [-0.2, -0.15) is 0 Å². The number of piperidine rings is 1. The maximum atomic E-state index is 4.81. The first-order chi connectivity index (χ1) is 15.5. The van der Waals surface area contributed by atoms with E-state index in [9.17, 15) is 0 Å². The van der Waals surface area contributed by atoms with E-state index in [2.05, 4.69) is 93.3 Å². The number of benzene rings is 3. The van der Waals surface area contributed by atoms with Gasteiger partial charge in [0.2, 0.25) is 0 Å². The minimum absolute atomic E-state index is 0.521. The highest BCUT2D eigenvalue weighted by Gasteiger charge is 2.10. The molecule has 0 unspecified atom stereocenters. The summed E-state index contributed by atoms with van der Waals surface area (Å²) in [4.78, 5) is 7.16. The van der Waals surface area contributed by atoms with Crippen molar-refractivity contribution in [3.05, 3.63) is 88.5 Å². The number of nitrogens with zero attached hydrogens (tertiary/aromatic N) is 2. The molecule has 1 fully saturated rings. The lowest BCUT2D eigenvalue weighted by Crippen LogP contribution is -2.28. The van der Waals surface area contributed by atoms with Gasteiger partial charge in [0.15, 0.2) is 0 Å². The first-order valence-electron chi connectivity index (χ1n) is 12.1. The van der Waals surface area contributed by atoms with Gasteiger partial charge in [0, 0.05) is 13.1 Å². The molecule has 0 amide bonds. The van der Waals surface area contributed by atoms with Crippen LogP contribution in [-0.4, -0.2) is 24.3 Å². The second kappa shape index (κ2) is 10.2. The predicted molar refractivity (Wildman–Crippen MR) is 138 cm³/mol. The third-order valence-corrected chi connectivity index (χ3v) is 6.65. The largest absolute Gasteiger partial charge is 0.363 e. The molecule has 1 aliphatic heterocycles. The van der Waals surface area contributed by atoms with E-state index in [0.717, 1.165) is 25.2 Å². The van der Waals surface area contributed by atoms with E-state index in [1.807, 2.05) is 6.34 Å². The number of hydrogen-bond donors (Lipinski definition) is 0. The zero-order valence-corrected chi connectivity index (χ0v) is 20.1. The van der Waals surface area contributed by atoms with Gasteiger partial charge in [0.25, 0.3) is 0 Å². The molecule has 2 heteroatoms. The molecule has 166 valence electrons. The SMILES string of the molecule is Cc1cc(N=CN2CCCCC2)c(C)cc1Cc1ccc(-c2ccccc2C(C)C)cc1. The molecule has 32 heavy (non-hydrogen) atoms. The average molecular weight is 425 g/mol. The summed E-state index contributed by atoms with van der Waals surface area (Å²) in [5.74, 6) is 0.521. The van der Waals surface area contributed by atoms with Crippen LogP contribution in [0.4, 0.5) is 5.69 Å². The molecular weight excluding hydrogens is 388 g/mol. The van der Waals surface area contributed by atoms with E-state index >= 15 is 0 Å². The summed E-state index contributed by atoms with van der Waals surface area (Å²) >= 11 is 0. The first-order valence-corrected chi connectivity index (χ1v) is 12.1. The Hall–Kier alpha value is -2.87. The molecule has 0 N–H and O–H groups in total. The molecule has 4 rings (SSSR count). The van der Waals surface area contributed by atoms with Crippen molar-refractivity contribution in [2.45, 2.75) is 59.3 Å². The topological polar surface area (TPSA) is 15.6 Å². The van der Waals surface area contributed by atoms with E-state index < -0.39 is 0 Å². The van der Waals surface area contributed by atoms with Crippen LogP contribution >= 0.6 is 0 Å². The fourth-order valence-corrected chi connectivity index (χ4v) is 4.65. The van der Waals surface area contributed by atoms with Gasteiger partial charge in [-0.15, -0.1) is 0 Å². The molecule has 0 aliphatic carbocycles. The Morgan fingerprint density at radius 2 is 1.59 bits per heavy atom. The van der Waals surface area contributed by atoms with E-state index in [1.54, 1.807) is 0 Å². The third kappa shape index (κ3) is 5.30. The number of hydrogen-bond acceptors (Lipinski definition) is 1. The van der Waals surface area contributed by atoms with Crippen molar-refractivity contribution in [2.24, 2.45) is 4.99 Å². The van der Waals surface area contributed by atoms with Gasteiger partial charge in [0.1, 0.15) is 0 Å². The van der Waals surface area contributed by atoms with Crippen LogP contribution in [0.2, 0.25) is 0 Å². The molecule has 0 bridgehead atoms. The van der Waals surface area contributed by atoms with Crippen molar-refractivity contribution >= 4 is 12.0 Å². The maximum Gasteiger partial charge on any atom is 0.0912 e. The summed E-state index contributed by atoms with van der Waals surface area (Å²) in [5.41, 5.74) is 10.4. The molecule has 0 atom stereocenters. The van der Waals surface area contributed by atoms with E-state index in [1.165, 1.54) is 58.2 Å². The van der Waals surface area contributed by atoms with Crippen LogP contribution < -0.4 is 0 Å². The Morgan fingerprint density at radius 3 is 2.31 bits per heavy atom. The standard InChI is InChI=1S/C30H36N2/c1-22(2)28-10-6-7-11-29(28)26-14-12-25(13-15-26)20-27-18-24(4)30(19-23(27)3)31-21-32-16-8-5-9-17-32/h6-7,10-15,18-19,21-22H,5,8-9,16-17,20H2,1-4H3. The van der Waals surface area contributed by atoms with Crippen LogP contribution in [-0.2, 0) is 6.42 Å². The summed E-state index contributed by atoms with van der Waals surface area (Å²) in [6.45, 7) is 11.2. The monoisotopic (exact) mass is 424 g/mol. The van der Waals surface area contributed by atoms with Crippen molar-refractivity contribution in [2.75, 3.05) is 13.1 Å². The van der Waals surface area contributed by atoms with Gasteiger partial charge in [0.05, 0.1) is 12.0 Å². The summed E-state index contributed by atoms with van der Waals surface area (Å²) in [6, 6.07) is 22.4. The molecule has 1 aliphatic rings. The Kier molecular flexibility index (Phi) is 7.09. The Morgan fingerprint density at radius 1 is 0.875 bits per heavy atom. The van der Waals surface area contributed by atoms with Gasteiger partial charge < -0.3 is 4.90 Å². The zero-order valence-electron chi connectivity index (χ0n) is 20.1. The van der Waals surface area contributed by atoms with E-state index in [4.69, 9.17) is 4.99 Å². The highest BCUT2D eigenvalue weighted by molar-refractivity contribution is 5.68. The summed E-state index contributed by atoms with van der Waals surface area (Å²) in [7, 11) is 0. The van der Waals surface area contributed by atoms with Crippen LogP contribution in [0.5, 0.6) is 0 Å². The second-order valence-electron chi connectivity index (χ2n) is 9.52. The molecule has 0 spiro atoms. The quantitative estimate of drug-likeness (QED) is 0.291. The Bertz CT molecular complexity index is 1070. The number of likely N-dealkylation sites (tertiary alicyclic amines) is 1. The highest BCUT2D eigenvalue weighted by Crippen LogP contribution is 2.30. The molecule has 0 saturated carbocycles. The molecule has 0 radical (unpaired) electrons. The fraction of sp³-hybridized carbons (Fsp3) is 0.367. The molecule has 2 nitrogen and oxygen atoms in total. The number of aryl methyl sites for hydroxylation is 2. The van der Waals surface area contributed by atoms with Gasteiger partial charge in [-0.1, -0.05) is 68.4 Å². The zero-order chi connectivity index (χ0) is 22.5. The Balaban J connectivity index is 1.49. The first kappa shape index (κ1) is 22.3. The maximum absolute atomic E-state index is 4.81. The predicted octanol–water partition coefficient (Wildman–Crippen LogP) is 7.83. The van der Waals surface area contributed by atoms with Gasteiger partial charge in [-0.05, 0) is 90.5 Å². The van der Waals surface area contributed by atoms with Crippen LogP contribution in [0.1, 0.15) is 66.8 Å². The Labute approximate surface area is 194 Å². The van der Waals surface area contributed by atoms with Crippen molar-refractivity contribution in [1.82, 2.24) is 4.90 Å². The van der Waals surface area contributed by atoms with Crippen molar-refractivity contribution in [1.29, 1.82) is 0 Å². The molecular formula is C30H36N2. The van der Waals surface area contributed by atoms with Gasteiger partial charge >= 0.3 is 0 Å². The average Bonchev–Trinajstić information content (AvgIpc) is 2.81. The van der Waals surface area contributed by atoms with E-state index in [-0.39, 0.29) is 0 Å². The summed E-state index contributed by atoms with van der Waals surface area (Å²) in [6.07, 6.45) is 6.92. The molecule has 0 aromatic heterocycles. The lowest BCUT2D eigenvalue weighted by Gasteiger charge is -2.24. The van der Waals surface area contributed by atoms with Crippen LogP contribution in [0.3, 0.4) is 0 Å². The third-order valence-electron chi connectivity index (χ3n) is 6.65. The fourth-order valence-electron chi connectivity index (χ4n) is 4.65. The number of aliphatic imine (C=N–C) groups is 1. The molecule has 3 aromatic carbocycles.